The lowest BCUT2D eigenvalue weighted by molar-refractivity contribution is -0.138. The van der Waals surface area contributed by atoms with Gasteiger partial charge in [-0.25, -0.2) is 4.39 Å². The van der Waals surface area contributed by atoms with Crippen LogP contribution < -0.4 is 5.32 Å². The van der Waals surface area contributed by atoms with Crippen molar-refractivity contribution >= 4 is 11.6 Å². The van der Waals surface area contributed by atoms with Crippen molar-refractivity contribution in [3.8, 4) is 0 Å². The molecule has 0 aliphatic carbocycles. The van der Waals surface area contributed by atoms with Gasteiger partial charge >= 0.3 is 12.4 Å². The summed E-state index contributed by atoms with van der Waals surface area (Å²) in [4.78, 5) is 13.0. The maximum atomic E-state index is 13.7. The van der Waals surface area contributed by atoms with E-state index in [0.717, 1.165) is 18.2 Å². The van der Waals surface area contributed by atoms with Gasteiger partial charge in [0.05, 0.1) is 35.4 Å². The van der Waals surface area contributed by atoms with Gasteiger partial charge in [0, 0.05) is 18.0 Å². The van der Waals surface area contributed by atoms with Crippen molar-refractivity contribution in [2.45, 2.75) is 43.0 Å². The van der Waals surface area contributed by atoms with Crippen LogP contribution in [0, 0.1) is 11.7 Å². The van der Waals surface area contributed by atoms with Crippen LogP contribution in [0.25, 0.3) is 0 Å². The first-order valence-electron chi connectivity index (χ1n) is 9.54. The number of aliphatic hydroxyl groups is 1. The molecule has 4 rings (SSSR count). The van der Waals surface area contributed by atoms with Crippen LogP contribution in [0.1, 0.15) is 29.0 Å². The van der Waals surface area contributed by atoms with E-state index in [4.69, 9.17) is 4.74 Å². The summed E-state index contributed by atoms with van der Waals surface area (Å²) in [6, 6.07) is 5.77. The molecule has 0 radical (unpaired) electrons. The molecule has 0 aromatic heterocycles. The van der Waals surface area contributed by atoms with Gasteiger partial charge in [-0.1, -0.05) is 18.2 Å². The number of hydrogen-bond acceptors (Lipinski definition) is 3. The number of aliphatic hydroxyl groups excluding tert-OH is 1. The summed E-state index contributed by atoms with van der Waals surface area (Å²) in [5.41, 5.74) is -2.61. The average molecular weight is 463 g/mol. The summed E-state index contributed by atoms with van der Waals surface area (Å²) in [6.45, 7) is 0. The maximum absolute atomic E-state index is 13.7. The van der Waals surface area contributed by atoms with Gasteiger partial charge in [-0.05, 0) is 29.8 Å². The van der Waals surface area contributed by atoms with E-state index in [1.165, 1.54) is 6.07 Å². The Labute approximate surface area is 177 Å². The molecule has 2 fully saturated rings. The van der Waals surface area contributed by atoms with Crippen molar-refractivity contribution in [3.05, 3.63) is 65.0 Å². The van der Waals surface area contributed by atoms with E-state index in [0.29, 0.717) is 12.1 Å². The standard InChI is InChI=1S/C21H16F7NO3/c22-12-5-11(21(26,27)28)6-13(7-12)29-19(31)17-15-8-14(30)18(32-15)16(17)9-2-1-3-10(4-9)20(23,24)25/h1-7,14-18,30H,8H2,(H,29,31). The third-order valence-corrected chi connectivity index (χ3v) is 5.72. The van der Waals surface area contributed by atoms with Gasteiger partial charge in [0.25, 0.3) is 0 Å². The Kier molecular flexibility index (Phi) is 5.44. The van der Waals surface area contributed by atoms with Gasteiger partial charge in [-0.3, -0.25) is 4.79 Å². The van der Waals surface area contributed by atoms with Crippen LogP contribution >= 0.6 is 0 Å². The van der Waals surface area contributed by atoms with E-state index < -0.39 is 71.0 Å². The number of fused-ring (bicyclic) bond motifs is 2. The number of carbonyl (C=O) groups excluding carboxylic acids is 1. The molecule has 11 heteroatoms. The Morgan fingerprint density at radius 3 is 2.34 bits per heavy atom. The Balaban J connectivity index is 1.65. The average Bonchev–Trinajstić information content (AvgIpc) is 3.23. The Hall–Kier alpha value is -2.66. The minimum atomic E-state index is -4.85. The number of carbonyl (C=O) groups is 1. The molecule has 2 aliphatic heterocycles. The second kappa shape index (κ2) is 7.73. The number of amides is 1. The summed E-state index contributed by atoms with van der Waals surface area (Å²) in [5.74, 6) is -4.12. The van der Waals surface area contributed by atoms with Gasteiger partial charge in [-0.2, -0.15) is 26.3 Å². The highest BCUT2D eigenvalue weighted by Crippen LogP contribution is 2.50. The van der Waals surface area contributed by atoms with E-state index in [9.17, 15) is 40.6 Å². The third kappa shape index (κ3) is 4.18. The maximum Gasteiger partial charge on any atom is 0.416 e. The zero-order valence-electron chi connectivity index (χ0n) is 16.0. The van der Waals surface area contributed by atoms with Crippen molar-refractivity contribution in [3.63, 3.8) is 0 Å². The second-order valence-corrected chi connectivity index (χ2v) is 7.83. The zero-order chi connectivity index (χ0) is 23.4. The fourth-order valence-electron chi connectivity index (χ4n) is 4.41. The van der Waals surface area contributed by atoms with Crippen LogP contribution in [0.15, 0.2) is 42.5 Å². The largest absolute Gasteiger partial charge is 0.416 e. The van der Waals surface area contributed by atoms with Crippen molar-refractivity contribution in [1.82, 2.24) is 0 Å². The molecule has 0 saturated carbocycles. The summed E-state index contributed by atoms with van der Waals surface area (Å²) in [6.07, 6.45) is -12.3. The van der Waals surface area contributed by atoms with Crippen LogP contribution in [0.3, 0.4) is 0 Å². The number of anilines is 1. The van der Waals surface area contributed by atoms with Crippen LogP contribution in [0.2, 0.25) is 0 Å². The van der Waals surface area contributed by atoms with Crippen molar-refractivity contribution in [2.75, 3.05) is 5.32 Å². The molecule has 2 saturated heterocycles. The zero-order valence-corrected chi connectivity index (χ0v) is 16.0. The number of rotatable bonds is 3. The van der Waals surface area contributed by atoms with E-state index >= 15 is 0 Å². The Morgan fingerprint density at radius 2 is 1.69 bits per heavy atom. The molecule has 172 valence electrons. The SMILES string of the molecule is O=C(Nc1cc(F)cc(C(F)(F)F)c1)C1C2CC(O)C(O2)C1c1cccc(C(F)(F)F)c1. The molecular formula is C21H16F7NO3. The molecule has 5 atom stereocenters. The first-order chi connectivity index (χ1) is 14.8. The van der Waals surface area contributed by atoms with Crippen LogP contribution in [0.4, 0.5) is 36.4 Å². The highest BCUT2D eigenvalue weighted by Gasteiger charge is 2.57. The first-order valence-corrected chi connectivity index (χ1v) is 9.54. The molecule has 32 heavy (non-hydrogen) atoms. The smallest absolute Gasteiger partial charge is 0.390 e. The summed E-state index contributed by atoms with van der Waals surface area (Å²) < 4.78 is 97.6. The van der Waals surface area contributed by atoms with E-state index in [-0.39, 0.29) is 18.1 Å². The van der Waals surface area contributed by atoms with E-state index in [1.54, 1.807) is 0 Å². The quantitative estimate of drug-likeness (QED) is 0.647. The summed E-state index contributed by atoms with van der Waals surface area (Å²) in [5, 5.41) is 12.4. The molecule has 4 nitrogen and oxygen atoms in total. The monoisotopic (exact) mass is 463 g/mol. The second-order valence-electron chi connectivity index (χ2n) is 7.83. The molecule has 2 aliphatic rings. The lowest BCUT2D eigenvalue weighted by Crippen LogP contribution is -2.41. The van der Waals surface area contributed by atoms with Crippen molar-refractivity contribution in [2.24, 2.45) is 5.92 Å². The number of benzene rings is 2. The van der Waals surface area contributed by atoms with Gasteiger partial charge in [0.1, 0.15) is 5.82 Å². The van der Waals surface area contributed by atoms with E-state index in [2.05, 4.69) is 5.32 Å². The Bertz CT molecular complexity index is 1040. The van der Waals surface area contributed by atoms with Crippen LogP contribution in [-0.4, -0.2) is 29.3 Å². The van der Waals surface area contributed by atoms with Gasteiger partial charge in [0.15, 0.2) is 0 Å². The number of ether oxygens (including phenoxy) is 1. The minimum absolute atomic E-state index is 0.0369. The lowest BCUT2D eigenvalue weighted by Gasteiger charge is -2.30. The molecular weight excluding hydrogens is 447 g/mol. The molecule has 2 heterocycles. The number of nitrogens with one attached hydrogen (secondary N) is 1. The lowest BCUT2D eigenvalue weighted by atomic mass is 9.73. The summed E-state index contributed by atoms with van der Waals surface area (Å²) in [7, 11) is 0. The predicted molar refractivity (Wildman–Crippen MR) is 97.0 cm³/mol. The fraction of sp³-hybridized carbons (Fsp3) is 0.381. The topological polar surface area (TPSA) is 58.6 Å². The minimum Gasteiger partial charge on any atom is -0.390 e. The molecule has 2 N–H and O–H groups in total. The van der Waals surface area contributed by atoms with E-state index in [1.807, 2.05) is 0 Å². The predicted octanol–water partition coefficient (Wildman–Crippen LogP) is 4.73. The normalized spacial score (nSPS) is 27.6. The molecule has 2 aromatic carbocycles. The molecule has 2 bridgehead atoms. The molecule has 1 amide bonds. The molecule has 0 spiro atoms. The van der Waals surface area contributed by atoms with Gasteiger partial charge in [-0.15, -0.1) is 0 Å². The fourth-order valence-corrected chi connectivity index (χ4v) is 4.41. The van der Waals surface area contributed by atoms with Crippen LogP contribution in [0.5, 0.6) is 0 Å². The summed E-state index contributed by atoms with van der Waals surface area (Å²) >= 11 is 0. The number of hydrogen-bond donors (Lipinski definition) is 2. The third-order valence-electron chi connectivity index (χ3n) is 5.72. The number of alkyl halides is 6. The molecule has 2 aromatic rings. The highest BCUT2D eigenvalue weighted by atomic mass is 19.4. The van der Waals surface area contributed by atoms with Crippen LogP contribution in [-0.2, 0) is 21.9 Å². The Morgan fingerprint density at radius 1 is 1.00 bits per heavy atom. The van der Waals surface area contributed by atoms with Crippen molar-refractivity contribution < 1.29 is 45.4 Å². The number of halogens is 7. The highest BCUT2D eigenvalue weighted by molar-refractivity contribution is 5.94. The van der Waals surface area contributed by atoms with Gasteiger partial charge in [0.2, 0.25) is 5.91 Å². The molecule has 5 unspecified atom stereocenters. The van der Waals surface area contributed by atoms with Gasteiger partial charge < -0.3 is 15.2 Å². The van der Waals surface area contributed by atoms with Crippen molar-refractivity contribution in [1.29, 1.82) is 0 Å². The first kappa shape index (κ1) is 22.5.